The molecule has 2 heterocycles. The SMILES string of the molecule is O=c1nc(Nc2ccc3c(c2)N=CC3)[nH]c(=O)[nH]1. The lowest BCUT2D eigenvalue weighted by atomic mass is 10.1. The molecule has 3 N–H and O–H groups in total. The van der Waals surface area contributed by atoms with Crippen molar-refractivity contribution in [1.29, 1.82) is 0 Å². The van der Waals surface area contributed by atoms with E-state index in [1.54, 1.807) is 0 Å². The first-order valence-electron chi connectivity index (χ1n) is 5.34. The Bertz CT molecular complexity index is 715. The minimum atomic E-state index is -0.694. The molecule has 0 atom stereocenters. The van der Waals surface area contributed by atoms with Gasteiger partial charge in [0, 0.05) is 18.3 Å². The number of aliphatic imine (C=N–C) groups is 1. The molecule has 0 fully saturated rings. The highest BCUT2D eigenvalue weighted by atomic mass is 16.2. The van der Waals surface area contributed by atoms with Gasteiger partial charge in [-0.3, -0.25) is 15.0 Å². The second-order valence-electron chi connectivity index (χ2n) is 3.83. The quantitative estimate of drug-likeness (QED) is 0.712. The maximum Gasteiger partial charge on any atom is 0.352 e. The number of nitrogens with one attached hydrogen (secondary N) is 3. The molecule has 0 aliphatic carbocycles. The minimum Gasteiger partial charge on any atom is -0.325 e. The van der Waals surface area contributed by atoms with E-state index in [2.05, 4.69) is 20.3 Å². The third kappa shape index (κ3) is 1.93. The van der Waals surface area contributed by atoms with Crippen molar-refractivity contribution in [3.63, 3.8) is 0 Å². The van der Waals surface area contributed by atoms with Gasteiger partial charge in [-0.15, -0.1) is 0 Å². The number of aromatic nitrogens is 3. The fraction of sp³-hybridized carbons (Fsp3) is 0.0909. The molecule has 0 spiro atoms. The summed E-state index contributed by atoms with van der Waals surface area (Å²) in [5, 5.41) is 2.85. The van der Waals surface area contributed by atoms with E-state index in [0.29, 0.717) is 5.69 Å². The molecule has 3 rings (SSSR count). The van der Waals surface area contributed by atoms with Gasteiger partial charge < -0.3 is 5.32 Å². The van der Waals surface area contributed by atoms with Crippen molar-refractivity contribution in [3.8, 4) is 0 Å². The summed E-state index contributed by atoms with van der Waals surface area (Å²) >= 11 is 0. The van der Waals surface area contributed by atoms with Crippen molar-refractivity contribution in [3.05, 3.63) is 44.7 Å². The zero-order valence-corrected chi connectivity index (χ0v) is 9.23. The molecule has 7 nitrogen and oxygen atoms in total. The molecule has 18 heavy (non-hydrogen) atoms. The lowest BCUT2D eigenvalue weighted by molar-refractivity contribution is 0.942. The van der Waals surface area contributed by atoms with Gasteiger partial charge >= 0.3 is 11.4 Å². The van der Waals surface area contributed by atoms with Gasteiger partial charge in [-0.2, -0.15) is 4.98 Å². The summed E-state index contributed by atoms with van der Waals surface area (Å²) in [7, 11) is 0. The summed E-state index contributed by atoms with van der Waals surface area (Å²) < 4.78 is 0. The zero-order valence-electron chi connectivity index (χ0n) is 9.23. The maximum absolute atomic E-state index is 11.1. The average molecular weight is 243 g/mol. The third-order valence-electron chi connectivity index (χ3n) is 2.56. The largest absolute Gasteiger partial charge is 0.352 e. The predicted octanol–water partition coefficient (Wildman–Crippen LogP) is 0.460. The molecule has 0 saturated carbocycles. The summed E-state index contributed by atoms with van der Waals surface area (Å²) in [6, 6.07) is 5.62. The third-order valence-corrected chi connectivity index (χ3v) is 2.56. The van der Waals surface area contributed by atoms with E-state index >= 15 is 0 Å². The van der Waals surface area contributed by atoms with Crippen LogP contribution in [0.1, 0.15) is 5.56 Å². The van der Waals surface area contributed by atoms with Crippen molar-refractivity contribution in [2.75, 3.05) is 5.32 Å². The van der Waals surface area contributed by atoms with Gasteiger partial charge in [-0.05, 0) is 17.7 Å². The Labute approximate surface area is 101 Å². The first kappa shape index (κ1) is 10.5. The smallest absolute Gasteiger partial charge is 0.325 e. The summed E-state index contributed by atoms with van der Waals surface area (Å²) in [4.78, 5) is 34.3. The molecule has 1 aromatic heterocycles. The van der Waals surface area contributed by atoms with E-state index in [1.165, 1.54) is 0 Å². The van der Waals surface area contributed by atoms with Crippen LogP contribution in [0.5, 0.6) is 0 Å². The molecular weight excluding hydrogens is 234 g/mol. The summed E-state index contributed by atoms with van der Waals surface area (Å²) in [6.07, 6.45) is 2.66. The number of hydrogen-bond acceptors (Lipinski definition) is 5. The highest BCUT2D eigenvalue weighted by Crippen LogP contribution is 2.28. The molecular formula is C11H9N5O2. The summed E-state index contributed by atoms with van der Waals surface area (Å²) in [6.45, 7) is 0. The topological polar surface area (TPSA) is 103 Å². The number of benzene rings is 1. The van der Waals surface area contributed by atoms with Crippen molar-refractivity contribution in [2.24, 2.45) is 4.99 Å². The highest BCUT2D eigenvalue weighted by Gasteiger charge is 2.07. The number of H-pyrrole nitrogens is 2. The van der Waals surface area contributed by atoms with Crippen LogP contribution in [0.25, 0.3) is 0 Å². The van der Waals surface area contributed by atoms with E-state index in [4.69, 9.17) is 0 Å². The fourth-order valence-electron chi connectivity index (χ4n) is 1.77. The van der Waals surface area contributed by atoms with Crippen molar-refractivity contribution in [1.82, 2.24) is 15.0 Å². The Hall–Kier alpha value is -2.70. The normalized spacial score (nSPS) is 12.4. The Morgan fingerprint density at radius 3 is 2.94 bits per heavy atom. The average Bonchev–Trinajstić information content (AvgIpc) is 2.74. The summed E-state index contributed by atoms with van der Waals surface area (Å²) in [5.74, 6) is 0.102. The Morgan fingerprint density at radius 2 is 2.11 bits per heavy atom. The van der Waals surface area contributed by atoms with E-state index in [1.807, 2.05) is 29.4 Å². The molecule has 1 aliphatic rings. The Morgan fingerprint density at radius 1 is 1.22 bits per heavy atom. The van der Waals surface area contributed by atoms with Crippen molar-refractivity contribution in [2.45, 2.75) is 6.42 Å². The maximum atomic E-state index is 11.1. The molecule has 1 aliphatic heterocycles. The lowest BCUT2D eigenvalue weighted by Gasteiger charge is -2.05. The molecule has 7 heteroatoms. The van der Waals surface area contributed by atoms with Gasteiger partial charge in [0.2, 0.25) is 5.95 Å². The number of aromatic amines is 2. The van der Waals surface area contributed by atoms with Crippen LogP contribution >= 0.6 is 0 Å². The van der Waals surface area contributed by atoms with Crippen LogP contribution < -0.4 is 16.7 Å². The molecule has 90 valence electrons. The van der Waals surface area contributed by atoms with Gasteiger partial charge in [0.25, 0.3) is 0 Å². The molecule has 0 unspecified atom stereocenters. The highest BCUT2D eigenvalue weighted by molar-refractivity contribution is 5.78. The Kier molecular flexibility index (Phi) is 2.30. The van der Waals surface area contributed by atoms with Crippen LogP contribution in [-0.2, 0) is 6.42 Å². The number of fused-ring (bicyclic) bond motifs is 1. The molecule has 0 bridgehead atoms. The van der Waals surface area contributed by atoms with Crippen molar-refractivity contribution < 1.29 is 0 Å². The predicted molar refractivity (Wildman–Crippen MR) is 67.1 cm³/mol. The standard InChI is InChI=1S/C11H9N5O2/c17-10-14-9(15-11(18)16-10)13-7-2-1-6-3-4-12-8(6)5-7/h1-2,4-5H,3H2,(H3,13,14,15,16,17,18). The number of hydrogen-bond donors (Lipinski definition) is 3. The first-order chi connectivity index (χ1) is 8.70. The molecule has 1 aromatic carbocycles. The van der Waals surface area contributed by atoms with Crippen LogP contribution in [0.3, 0.4) is 0 Å². The second kappa shape index (κ2) is 3.95. The van der Waals surface area contributed by atoms with Gasteiger partial charge in [0.05, 0.1) is 5.69 Å². The minimum absolute atomic E-state index is 0.102. The van der Waals surface area contributed by atoms with E-state index in [9.17, 15) is 9.59 Å². The second-order valence-corrected chi connectivity index (χ2v) is 3.83. The molecule has 0 amide bonds. The molecule has 0 radical (unpaired) electrons. The number of rotatable bonds is 2. The van der Waals surface area contributed by atoms with Crippen LogP contribution in [0, 0.1) is 0 Å². The Balaban J connectivity index is 1.95. The van der Waals surface area contributed by atoms with Crippen LogP contribution in [0.4, 0.5) is 17.3 Å². The zero-order chi connectivity index (χ0) is 12.5. The van der Waals surface area contributed by atoms with E-state index in [-0.39, 0.29) is 5.95 Å². The van der Waals surface area contributed by atoms with Gasteiger partial charge in [-0.1, -0.05) is 6.07 Å². The monoisotopic (exact) mass is 243 g/mol. The van der Waals surface area contributed by atoms with Crippen LogP contribution in [0.15, 0.2) is 32.8 Å². The summed E-state index contributed by atoms with van der Waals surface area (Å²) in [5.41, 5.74) is 1.44. The number of anilines is 2. The molecule has 2 aromatic rings. The molecule has 0 saturated heterocycles. The van der Waals surface area contributed by atoms with Gasteiger partial charge in [0.15, 0.2) is 0 Å². The lowest BCUT2D eigenvalue weighted by Crippen LogP contribution is -2.25. The number of nitrogens with zero attached hydrogens (tertiary/aromatic N) is 2. The fourth-order valence-corrected chi connectivity index (χ4v) is 1.77. The van der Waals surface area contributed by atoms with Gasteiger partial charge in [-0.25, -0.2) is 9.59 Å². The van der Waals surface area contributed by atoms with Crippen LogP contribution in [0.2, 0.25) is 0 Å². The van der Waals surface area contributed by atoms with Crippen molar-refractivity contribution >= 4 is 23.5 Å². The van der Waals surface area contributed by atoms with E-state index < -0.39 is 11.4 Å². The first-order valence-corrected chi connectivity index (χ1v) is 5.34. The van der Waals surface area contributed by atoms with Crippen LogP contribution in [-0.4, -0.2) is 21.2 Å². The van der Waals surface area contributed by atoms with Gasteiger partial charge in [0.1, 0.15) is 0 Å². The van der Waals surface area contributed by atoms with E-state index in [0.717, 1.165) is 17.7 Å².